The van der Waals surface area contributed by atoms with Gasteiger partial charge in [-0.3, -0.25) is 0 Å². The first-order valence-electron chi connectivity index (χ1n) is 6.81. The lowest BCUT2D eigenvalue weighted by molar-refractivity contribution is 0.818. The van der Waals surface area contributed by atoms with E-state index in [2.05, 4.69) is 67.3 Å². The van der Waals surface area contributed by atoms with Gasteiger partial charge in [0.2, 0.25) is 0 Å². The Morgan fingerprint density at radius 3 is 2.26 bits per heavy atom. The zero-order valence-corrected chi connectivity index (χ0v) is 11.9. The second-order valence-electron chi connectivity index (χ2n) is 4.96. The van der Waals surface area contributed by atoms with Gasteiger partial charge in [-0.2, -0.15) is 0 Å². The van der Waals surface area contributed by atoms with E-state index in [4.69, 9.17) is 5.73 Å². The molecule has 0 heterocycles. The highest BCUT2D eigenvalue weighted by molar-refractivity contribution is 5.64. The fourth-order valence-electron chi connectivity index (χ4n) is 2.27. The van der Waals surface area contributed by atoms with Crippen LogP contribution in [0.25, 0.3) is 0 Å². The molecular weight excluding hydrogens is 232 g/mol. The molecule has 0 amide bonds. The van der Waals surface area contributed by atoms with Gasteiger partial charge in [0.25, 0.3) is 0 Å². The van der Waals surface area contributed by atoms with Crippen molar-refractivity contribution in [2.24, 2.45) is 5.73 Å². The van der Waals surface area contributed by atoms with Crippen LogP contribution in [0.15, 0.2) is 48.5 Å². The second kappa shape index (κ2) is 5.89. The number of nitrogens with two attached hydrogens (primary N) is 1. The number of anilines is 2. The first-order valence-corrected chi connectivity index (χ1v) is 6.81. The summed E-state index contributed by atoms with van der Waals surface area (Å²) in [5, 5.41) is 0. The van der Waals surface area contributed by atoms with Gasteiger partial charge in [0.1, 0.15) is 0 Å². The van der Waals surface area contributed by atoms with Gasteiger partial charge >= 0.3 is 0 Å². The van der Waals surface area contributed by atoms with Crippen LogP contribution < -0.4 is 10.6 Å². The van der Waals surface area contributed by atoms with Gasteiger partial charge in [0, 0.05) is 24.0 Å². The third-order valence-electron chi connectivity index (χ3n) is 3.36. The maximum atomic E-state index is 5.89. The molecule has 0 saturated heterocycles. The molecular formula is C17H22N2. The minimum Gasteiger partial charge on any atom is -0.342 e. The Morgan fingerprint density at radius 2 is 1.74 bits per heavy atom. The second-order valence-corrected chi connectivity index (χ2v) is 4.96. The highest BCUT2D eigenvalue weighted by Crippen LogP contribution is 2.26. The van der Waals surface area contributed by atoms with E-state index in [-0.39, 0.29) is 6.04 Å². The monoisotopic (exact) mass is 254 g/mol. The van der Waals surface area contributed by atoms with Crippen molar-refractivity contribution in [1.82, 2.24) is 0 Å². The number of nitrogens with zero attached hydrogens (tertiary/aromatic N) is 1. The molecule has 0 bridgehead atoms. The highest BCUT2D eigenvalue weighted by atomic mass is 15.1. The molecule has 19 heavy (non-hydrogen) atoms. The summed E-state index contributed by atoms with van der Waals surface area (Å²) in [4.78, 5) is 2.30. The van der Waals surface area contributed by atoms with Crippen LogP contribution in [0.5, 0.6) is 0 Å². The lowest BCUT2D eigenvalue weighted by atomic mass is 10.1. The number of benzene rings is 2. The Morgan fingerprint density at radius 1 is 1.05 bits per heavy atom. The molecule has 2 N–H and O–H groups in total. The number of rotatable bonds is 4. The standard InChI is InChI=1S/C17H22N2/c1-4-19(17-7-5-6-13(2)12-17)16-10-8-15(9-11-16)14(3)18/h5-12,14H,4,18H2,1-3H3/t14-/m1/s1. The van der Waals surface area contributed by atoms with E-state index in [9.17, 15) is 0 Å². The highest BCUT2D eigenvalue weighted by Gasteiger charge is 2.07. The summed E-state index contributed by atoms with van der Waals surface area (Å²) in [5.74, 6) is 0. The molecule has 2 heteroatoms. The van der Waals surface area contributed by atoms with E-state index in [1.165, 1.54) is 22.5 Å². The van der Waals surface area contributed by atoms with Gasteiger partial charge in [-0.25, -0.2) is 0 Å². The van der Waals surface area contributed by atoms with E-state index in [0.717, 1.165) is 6.54 Å². The summed E-state index contributed by atoms with van der Waals surface area (Å²) in [5.41, 5.74) is 10.8. The summed E-state index contributed by atoms with van der Waals surface area (Å²) < 4.78 is 0. The zero-order valence-electron chi connectivity index (χ0n) is 11.9. The third-order valence-corrected chi connectivity index (χ3v) is 3.36. The van der Waals surface area contributed by atoms with E-state index in [1.807, 2.05) is 6.92 Å². The molecule has 0 aliphatic heterocycles. The van der Waals surface area contributed by atoms with Crippen LogP contribution in [-0.4, -0.2) is 6.54 Å². The first-order chi connectivity index (χ1) is 9.11. The zero-order chi connectivity index (χ0) is 13.8. The number of hydrogen-bond donors (Lipinski definition) is 1. The fourth-order valence-corrected chi connectivity index (χ4v) is 2.27. The molecule has 0 unspecified atom stereocenters. The predicted octanol–water partition coefficient (Wildman–Crippen LogP) is 4.17. The molecule has 1 atom stereocenters. The van der Waals surface area contributed by atoms with Crippen molar-refractivity contribution < 1.29 is 0 Å². The van der Waals surface area contributed by atoms with Crippen LogP contribution in [0.4, 0.5) is 11.4 Å². The smallest absolute Gasteiger partial charge is 0.0413 e. The van der Waals surface area contributed by atoms with Crippen molar-refractivity contribution in [1.29, 1.82) is 0 Å². The third kappa shape index (κ3) is 3.15. The molecule has 2 nitrogen and oxygen atoms in total. The van der Waals surface area contributed by atoms with E-state index in [0.29, 0.717) is 0 Å². The van der Waals surface area contributed by atoms with Crippen molar-refractivity contribution in [3.05, 3.63) is 59.7 Å². The van der Waals surface area contributed by atoms with Gasteiger partial charge in [-0.1, -0.05) is 24.3 Å². The van der Waals surface area contributed by atoms with Gasteiger partial charge < -0.3 is 10.6 Å². The van der Waals surface area contributed by atoms with Crippen molar-refractivity contribution in [2.75, 3.05) is 11.4 Å². The largest absolute Gasteiger partial charge is 0.342 e. The SMILES string of the molecule is CCN(c1ccc([C@@H](C)N)cc1)c1cccc(C)c1. The summed E-state index contributed by atoms with van der Waals surface area (Å²) in [6.07, 6.45) is 0. The van der Waals surface area contributed by atoms with Crippen molar-refractivity contribution in [2.45, 2.75) is 26.8 Å². The van der Waals surface area contributed by atoms with Gasteiger partial charge in [0.05, 0.1) is 0 Å². The van der Waals surface area contributed by atoms with Crippen LogP contribution in [-0.2, 0) is 0 Å². The minimum atomic E-state index is 0.0862. The average molecular weight is 254 g/mol. The van der Waals surface area contributed by atoms with Gasteiger partial charge in [0.15, 0.2) is 0 Å². The number of aryl methyl sites for hydroxylation is 1. The molecule has 0 aromatic heterocycles. The Kier molecular flexibility index (Phi) is 4.23. The van der Waals surface area contributed by atoms with Gasteiger partial charge in [-0.15, -0.1) is 0 Å². The molecule has 0 radical (unpaired) electrons. The number of hydrogen-bond acceptors (Lipinski definition) is 2. The van der Waals surface area contributed by atoms with Crippen molar-refractivity contribution >= 4 is 11.4 Å². The summed E-state index contributed by atoms with van der Waals surface area (Å²) in [6, 6.07) is 17.2. The molecule has 0 saturated carbocycles. The molecule has 0 spiro atoms. The lowest BCUT2D eigenvalue weighted by Gasteiger charge is -2.24. The predicted molar refractivity (Wildman–Crippen MR) is 82.9 cm³/mol. The van der Waals surface area contributed by atoms with Crippen LogP contribution >= 0.6 is 0 Å². The van der Waals surface area contributed by atoms with Gasteiger partial charge in [-0.05, 0) is 56.2 Å². The van der Waals surface area contributed by atoms with Crippen LogP contribution in [0.2, 0.25) is 0 Å². The lowest BCUT2D eigenvalue weighted by Crippen LogP contribution is -2.16. The molecule has 2 rings (SSSR count). The van der Waals surface area contributed by atoms with Crippen molar-refractivity contribution in [3.63, 3.8) is 0 Å². The molecule has 0 aliphatic carbocycles. The Labute approximate surface area is 115 Å². The maximum absolute atomic E-state index is 5.89. The van der Waals surface area contributed by atoms with E-state index < -0.39 is 0 Å². The molecule has 0 fully saturated rings. The quantitative estimate of drug-likeness (QED) is 0.887. The van der Waals surface area contributed by atoms with Crippen LogP contribution in [0, 0.1) is 6.92 Å². The Bertz CT molecular complexity index is 529. The van der Waals surface area contributed by atoms with E-state index in [1.54, 1.807) is 0 Å². The molecule has 0 aliphatic rings. The fraction of sp³-hybridized carbons (Fsp3) is 0.294. The van der Waals surface area contributed by atoms with Crippen LogP contribution in [0.3, 0.4) is 0 Å². The molecule has 100 valence electrons. The van der Waals surface area contributed by atoms with Crippen LogP contribution in [0.1, 0.15) is 31.0 Å². The Hall–Kier alpha value is -1.80. The topological polar surface area (TPSA) is 29.3 Å². The van der Waals surface area contributed by atoms with Crippen molar-refractivity contribution in [3.8, 4) is 0 Å². The normalized spacial score (nSPS) is 12.2. The summed E-state index contributed by atoms with van der Waals surface area (Å²) >= 11 is 0. The first kappa shape index (κ1) is 13.6. The summed E-state index contributed by atoms with van der Waals surface area (Å²) in [7, 11) is 0. The average Bonchev–Trinajstić information content (AvgIpc) is 2.40. The Balaban J connectivity index is 2.31. The molecule has 2 aromatic carbocycles. The molecule has 2 aromatic rings. The maximum Gasteiger partial charge on any atom is 0.0413 e. The summed E-state index contributed by atoms with van der Waals surface area (Å²) in [6.45, 7) is 7.24. The van der Waals surface area contributed by atoms with E-state index >= 15 is 0 Å². The minimum absolute atomic E-state index is 0.0862.